The fourth-order valence-electron chi connectivity index (χ4n) is 7.84. The first-order chi connectivity index (χ1) is 34.8. The van der Waals surface area contributed by atoms with Crippen LogP contribution in [-0.2, 0) is 14.3 Å². The molecule has 1 N–H and O–H groups in total. The Kier molecular flexibility index (Phi) is 29.9. The van der Waals surface area contributed by atoms with E-state index >= 15 is 0 Å². The van der Waals surface area contributed by atoms with Crippen LogP contribution < -0.4 is 20.0 Å². The number of nitrogens with zero attached hydrogens (tertiary/aromatic N) is 14. The van der Waals surface area contributed by atoms with Gasteiger partial charge in [-0.25, -0.2) is 49.5 Å². The molecule has 8 heterocycles. The van der Waals surface area contributed by atoms with E-state index in [0.29, 0.717) is 37.7 Å². The molecular weight excluding hydrogens is 1300 g/mol. The van der Waals surface area contributed by atoms with E-state index in [1.807, 2.05) is 65.2 Å². The normalized spacial score (nSPS) is 19.4. The number of halogens is 7. The average Bonchev–Trinajstić information content (AvgIpc) is 3.33. The lowest BCUT2D eigenvalue weighted by atomic mass is 10.0. The quantitative estimate of drug-likeness (QED) is 0.189. The fraction of sp³-hybridized carbons (Fsp3) is 0.612. The van der Waals surface area contributed by atoms with Crippen molar-refractivity contribution in [2.24, 2.45) is 0 Å². The Morgan fingerprint density at radius 3 is 1.21 bits per heavy atom. The molecule has 4 aromatic heterocycles. The van der Waals surface area contributed by atoms with Crippen LogP contribution in [0.5, 0.6) is 0 Å². The number of rotatable bonds is 3. The third-order valence-corrected chi connectivity index (χ3v) is 13.2. The molecule has 27 heteroatoms. The minimum atomic E-state index is -0.469. The molecule has 76 heavy (non-hydrogen) atoms. The maximum atomic E-state index is 12.2. The number of hydrogen-bond donors (Lipinski definition) is 1. The molecule has 3 amide bonds. The monoisotopic (exact) mass is 1370 g/mol. The maximum Gasteiger partial charge on any atom is 0.410 e. The molecule has 0 radical (unpaired) electrons. The van der Waals surface area contributed by atoms with Gasteiger partial charge in [-0.2, -0.15) is 0 Å². The number of ether oxygens (including phenoxy) is 2. The Labute approximate surface area is 499 Å². The van der Waals surface area contributed by atoms with Gasteiger partial charge in [0.15, 0.2) is 0 Å². The number of anilines is 3. The number of amides is 3. The molecule has 424 valence electrons. The first-order valence-electron chi connectivity index (χ1n) is 24.6. The molecule has 0 spiro atoms. The molecule has 0 aliphatic carbocycles. The van der Waals surface area contributed by atoms with Gasteiger partial charge in [0.05, 0.1) is 17.9 Å². The van der Waals surface area contributed by atoms with Crippen LogP contribution in [0, 0.1) is 0 Å². The summed E-state index contributed by atoms with van der Waals surface area (Å²) in [5.74, 6) is 2.37. The van der Waals surface area contributed by atoms with Gasteiger partial charge in [0.1, 0.15) is 11.2 Å². The van der Waals surface area contributed by atoms with E-state index in [9.17, 15) is 14.4 Å². The number of likely N-dealkylation sites (tertiary alicyclic amines) is 1. The lowest BCUT2D eigenvalue weighted by Gasteiger charge is -2.40. The number of nitrogens with one attached hydrogen (secondary N) is 1. The highest BCUT2D eigenvalue weighted by atomic mass is 79.9. The van der Waals surface area contributed by atoms with E-state index in [4.69, 9.17) is 21.1 Å². The van der Waals surface area contributed by atoms with E-state index in [0.717, 1.165) is 88.4 Å². The van der Waals surface area contributed by atoms with Crippen LogP contribution in [-0.4, -0.2) is 173 Å². The smallest absolute Gasteiger partial charge is 0.410 e. The molecule has 4 aliphatic heterocycles. The summed E-state index contributed by atoms with van der Waals surface area (Å²) >= 11 is 18.5. The predicted octanol–water partition coefficient (Wildman–Crippen LogP) is 10.5. The predicted molar refractivity (Wildman–Crippen MR) is 318 cm³/mol. The summed E-state index contributed by atoms with van der Waals surface area (Å²) in [5, 5.41) is 3.66. The van der Waals surface area contributed by atoms with Crippen molar-refractivity contribution in [3.8, 4) is 0 Å². The molecule has 4 saturated heterocycles. The van der Waals surface area contributed by atoms with E-state index in [1.165, 1.54) is 6.42 Å². The Morgan fingerprint density at radius 1 is 0.526 bits per heavy atom. The number of hydrogen-bond acceptors (Lipinski definition) is 17. The molecule has 4 fully saturated rings. The molecule has 20 nitrogen and oxygen atoms in total. The van der Waals surface area contributed by atoms with Gasteiger partial charge in [0.25, 0.3) is 0 Å². The Bertz CT molecular complexity index is 2330. The number of carbonyl (C=O) groups excluding carboxylic acids is 3. The van der Waals surface area contributed by atoms with E-state index in [2.05, 4.69) is 137 Å². The minimum Gasteiger partial charge on any atom is -0.444 e. The van der Waals surface area contributed by atoms with Crippen LogP contribution in [0.1, 0.15) is 95.4 Å². The van der Waals surface area contributed by atoms with Crippen molar-refractivity contribution in [1.29, 1.82) is 0 Å². The van der Waals surface area contributed by atoms with Gasteiger partial charge >= 0.3 is 12.2 Å². The number of carbonyl (C=O) groups is 3. The molecule has 0 bridgehead atoms. The van der Waals surface area contributed by atoms with Crippen LogP contribution in [0.15, 0.2) is 67.5 Å². The Balaban J connectivity index is 0.000000331. The molecule has 4 atom stereocenters. The zero-order valence-electron chi connectivity index (χ0n) is 45.1. The van der Waals surface area contributed by atoms with Crippen molar-refractivity contribution in [1.82, 2.24) is 59.9 Å². The van der Waals surface area contributed by atoms with Crippen LogP contribution in [0.25, 0.3) is 0 Å². The maximum absolute atomic E-state index is 12.2. The van der Waals surface area contributed by atoms with Crippen LogP contribution in [0.3, 0.4) is 0 Å². The molecule has 0 saturated carbocycles. The molecule has 8 rings (SSSR count). The second-order valence-electron chi connectivity index (χ2n) is 20.1. The number of piperidine rings is 1. The Morgan fingerprint density at radius 2 is 0.882 bits per heavy atom. The highest BCUT2D eigenvalue weighted by Gasteiger charge is 2.32. The second-order valence-corrected chi connectivity index (χ2v) is 24.1. The van der Waals surface area contributed by atoms with Gasteiger partial charge in [0, 0.05) is 146 Å². The number of aromatic nitrogens is 8. The summed E-state index contributed by atoms with van der Waals surface area (Å²) in [5.41, 5.74) is -0.850. The van der Waals surface area contributed by atoms with E-state index < -0.39 is 5.60 Å². The van der Waals surface area contributed by atoms with E-state index in [-0.39, 0.29) is 65.9 Å². The summed E-state index contributed by atoms with van der Waals surface area (Å²) < 4.78 is 14.3. The van der Waals surface area contributed by atoms with Crippen LogP contribution in [0.2, 0.25) is 5.28 Å². The largest absolute Gasteiger partial charge is 0.444 e. The van der Waals surface area contributed by atoms with Crippen LogP contribution >= 0.6 is 100 Å². The first kappa shape index (κ1) is 68.6. The highest BCUT2D eigenvalue weighted by molar-refractivity contribution is 9.11. The second kappa shape index (κ2) is 33.2. The SMILES string of the molecule is CC(=O)N1CCN(c2ncc(Br)cn2)C[C@H]1C.C[C@@H]1CCCCN1C(=O)OC(C)(C)C.C[C@@H]1CN(c2ncc(Br)cn2)CCN1.C[C@@H]1CN(c2ncc(Br)cn2)CCN1C(=O)OC(C)(C)C.Cl.Cl.Clc1ncc(Br)cn1. The molecule has 4 aliphatic rings. The molecule has 0 aromatic carbocycles. The Hall–Kier alpha value is -3.52. The van der Waals surface area contributed by atoms with Gasteiger partial charge < -0.3 is 44.2 Å². The topological polar surface area (TPSA) is 204 Å². The standard InChI is InChI=1S/C14H21BrN4O2.C11H15BrN4O.C11H21NO2.C9H13BrN4.C4H2BrClN2.2ClH/c1-10-9-18(12-16-7-11(15)8-17-12)5-6-19(10)13(20)21-14(2,3)4;1-8-7-15(3-4-16(8)9(2)17)11-13-5-10(12)6-14-11;1-9-7-5-6-8-12(9)10(13)14-11(2,3)4;1-7-6-14(3-2-11-7)9-12-4-8(10)5-13-9;5-3-1-7-4(6)8-2-3;;/h7-8,10H,5-6,9H2,1-4H3;5-6,8H,3-4,7H2,1-2H3;9H,5-8H2,1-4H3;4-5,7,11H,2-3,6H2,1H3;1-2H;2*1H/t10-;8-;9-;7-;;;/m1111.../s1. The third-order valence-electron chi connectivity index (χ3n) is 11.3. The summed E-state index contributed by atoms with van der Waals surface area (Å²) in [6.07, 6.45) is 16.7. The van der Waals surface area contributed by atoms with Gasteiger partial charge in [-0.1, -0.05) is 0 Å². The van der Waals surface area contributed by atoms with E-state index in [1.54, 1.807) is 61.4 Å². The van der Waals surface area contributed by atoms with Crippen molar-refractivity contribution >= 4 is 136 Å². The van der Waals surface area contributed by atoms with Gasteiger partial charge in [0.2, 0.25) is 29.0 Å². The van der Waals surface area contributed by atoms with Crippen molar-refractivity contribution in [2.45, 2.75) is 131 Å². The molecular formula is C49H74Br4Cl3N15O5. The minimum absolute atomic E-state index is 0. The lowest BCUT2D eigenvalue weighted by Crippen LogP contribution is -2.55. The summed E-state index contributed by atoms with van der Waals surface area (Å²) in [6, 6.07) is 1.10. The van der Waals surface area contributed by atoms with Crippen LogP contribution in [0.4, 0.5) is 27.4 Å². The summed E-state index contributed by atoms with van der Waals surface area (Å²) in [6.45, 7) is 29.4. The molecule has 0 unspecified atom stereocenters. The number of piperazine rings is 3. The highest BCUT2D eigenvalue weighted by Crippen LogP contribution is 2.22. The lowest BCUT2D eigenvalue weighted by molar-refractivity contribution is -0.131. The summed E-state index contributed by atoms with van der Waals surface area (Å²) in [7, 11) is 0. The van der Waals surface area contributed by atoms with Gasteiger partial charge in [-0.05, 0) is 164 Å². The van der Waals surface area contributed by atoms with Crippen molar-refractivity contribution < 1.29 is 23.9 Å². The zero-order chi connectivity index (χ0) is 54.8. The zero-order valence-corrected chi connectivity index (χ0v) is 53.9. The van der Waals surface area contributed by atoms with Crippen molar-refractivity contribution in [3.05, 3.63) is 72.7 Å². The first-order valence-corrected chi connectivity index (χ1v) is 28.1. The van der Waals surface area contributed by atoms with Gasteiger partial charge in [-0.15, -0.1) is 24.8 Å². The fourth-order valence-corrected chi connectivity index (χ4v) is 8.76. The van der Waals surface area contributed by atoms with Gasteiger partial charge in [-0.3, -0.25) is 4.79 Å². The van der Waals surface area contributed by atoms with Crippen molar-refractivity contribution in [2.75, 3.05) is 80.1 Å². The van der Waals surface area contributed by atoms with Crippen molar-refractivity contribution in [3.63, 3.8) is 0 Å². The molecule has 4 aromatic rings. The average molecular weight is 1380 g/mol. The third kappa shape index (κ3) is 24.7. The summed E-state index contributed by atoms with van der Waals surface area (Å²) in [4.78, 5) is 80.2.